The van der Waals surface area contributed by atoms with Crippen LogP contribution < -0.4 is 4.74 Å². The molecule has 18 heavy (non-hydrogen) atoms. The Balaban J connectivity index is 2.69. The lowest BCUT2D eigenvalue weighted by molar-refractivity contribution is 0.195. The van der Waals surface area contributed by atoms with Crippen LogP contribution in [0.5, 0.6) is 5.75 Å². The molecule has 1 atom stereocenters. The van der Waals surface area contributed by atoms with Crippen molar-refractivity contribution in [3.05, 3.63) is 29.8 Å². The fraction of sp³-hybridized carbons (Fsp3) is 0.600. The van der Waals surface area contributed by atoms with Gasteiger partial charge < -0.3 is 9.84 Å². The zero-order valence-electron chi connectivity index (χ0n) is 11.8. The van der Waals surface area contributed by atoms with Crippen LogP contribution in [0.3, 0.4) is 0 Å². The Kier molecular flexibility index (Phi) is 6.03. The third-order valence-corrected chi connectivity index (χ3v) is 3.76. The molecule has 1 unspecified atom stereocenters. The van der Waals surface area contributed by atoms with Gasteiger partial charge in [-0.05, 0) is 12.5 Å². The molecule has 1 aromatic rings. The molecule has 0 heterocycles. The molecular weight excluding hydrogens is 244 g/mol. The first-order valence-corrected chi connectivity index (χ1v) is 7.46. The highest BCUT2D eigenvalue weighted by Crippen LogP contribution is 2.32. The van der Waals surface area contributed by atoms with Gasteiger partial charge in [0.05, 0.1) is 12.7 Å². The molecule has 0 aliphatic heterocycles. The van der Waals surface area contributed by atoms with Crippen LogP contribution in [0.4, 0.5) is 0 Å². The summed E-state index contributed by atoms with van der Waals surface area (Å²) >= 11 is 1.76. The van der Waals surface area contributed by atoms with Crippen LogP contribution in [0.15, 0.2) is 24.3 Å². The molecule has 0 bridgehead atoms. The second kappa shape index (κ2) is 7.05. The zero-order valence-corrected chi connectivity index (χ0v) is 12.6. The van der Waals surface area contributed by atoms with Gasteiger partial charge in [0.15, 0.2) is 0 Å². The lowest BCUT2D eigenvalue weighted by Crippen LogP contribution is -2.13. The van der Waals surface area contributed by atoms with Gasteiger partial charge in [0.1, 0.15) is 5.75 Å². The Morgan fingerprint density at radius 1 is 1.28 bits per heavy atom. The predicted molar refractivity (Wildman–Crippen MR) is 79.4 cm³/mol. The van der Waals surface area contributed by atoms with Crippen LogP contribution in [-0.2, 0) is 0 Å². The summed E-state index contributed by atoms with van der Waals surface area (Å²) in [5.41, 5.74) is 0.891. The molecule has 102 valence electrons. The number of aliphatic hydroxyl groups excluding tert-OH is 1. The Morgan fingerprint density at radius 3 is 2.56 bits per heavy atom. The van der Waals surface area contributed by atoms with Gasteiger partial charge >= 0.3 is 0 Å². The number of para-hydroxylation sites is 1. The van der Waals surface area contributed by atoms with Crippen molar-refractivity contribution in [1.29, 1.82) is 0 Å². The van der Waals surface area contributed by atoms with E-state index in [1.54, 1.807) is 11.8 Å². The molecule has 0 saturated carbocycles. The van der Waals surface area contributed by atoms with E-state index in [4.69, 9.17) is 4.74 Å². The van der Waals surface area contributed by atoms with Gasteiger partial charge in [-0.2, -0.15) is 11.8 Å². The molecule has 1 N–H and O–H groups in total. The molecule has 0 spiro atoms. The average molecular weight is 268 g/mol. The molecule has 1 aromatic carbocycles. The number of benzene rings is 1. The molecule has 0 aliphatic carbocycles. The van der Waals surface area contributed by atoms with Crippen LogP contribution in [0.25, 0.3) is 0 Å². The largest absolute Gasteiger partial charge is 0.493 e. The minimum atomic E-state index is -0.470. The topological polar surface area (TPSA) is 29.5 Å². The van der Waals surface area contributed by atoms with Crippen molar-refractivity contribution in [2.45, 2.75) is 45.0 Å². The van der Waals surface area contributed by atoms with Crippen molar-refractivity contribution < 1.29 is 9.84 Å². The van der Waals surface area contributed by atoms with Gasteiger partial charge in [-0.15, -0.1) is 0 Å². The fourth-order valence-electron chi connectivity index (χ4n) is 1.52. The second-order valence-electron chi connectivity index (χ2n) is 5.33. The van der Waals surface area contributed by atoms with Gasteiger partial charge in [0, 0.05) is 16.1 Å². The molecular formula is C15H24O2S. The molecule has 0 radical (unpaired) electrons. The van der Waals surface area contributed by atoms with E-state index in [0.717, 1.165) is 17.7 Å². The predicted octanol–water partition coefficient (Wildman–Crippen LogP) is 4.04. The van der Waals surface area contributed by atoms with Crippen LogP contribution in [0.2, 0.25) is 0 Å². The molecule has 0 saturated heterocycles. The number of hydrogen-bond acceptors (Lipinski definition) is 3. The standard InChI is InChI=1S/C15H24O2S/c1-5-10-17-14-9-7-6-8-12(14)13(16)11-18-15(2,3)4/h6-9,13,16H,5,10-11H2,1-4H3. The molecule has 0 fully saturated rings. The van der Waals surface area contributed by atoms with Crippen molar-refractivity contribution in [1.82, 2.24) is 0 Å². The van der Waals surface area contributed by atoms with Crippen LogP contribution >= 0.6 is 11.8 Å². The zero-order chi connectivity index (χ0) is 13.6. The molecule has 0 aliphatic rings. The van der Waals surface area contributed by atoms with E-state index in [1.807, 2.05) is 24.3 Å². The summed E-state index contributed by atoms with van der Waals surface area (Å²) < 4.78 is 5.84. The normalized spacial score (nSPS) is 13.4. The van der Waals surface area contributed by atoms with Crippen molar-refractivity contribution >= 4 is 11.8 Å². The summed E-state index contributed by atoms with van der Waals surface area (Å²) in [6.45, 7) is 9.24. The molecule has 0 amide bonds. The molecule has 1 rings (SSSR count). The number of ether oxygens (including phenoxy) is 1. The summed E-state index contributed by atoms with van der Waals surface area (Å²) in [6, 6.07) is 7.76. The lowest BCUT2D eigenvalue weighted by Gasteiger charge is -2.21. The fourth-order valence-corrected chi connectivity index (χ4v) is 2.36. The van der Waals surface area contributed by atoms with Crippen LogP contribution in [-0.4, -0.2) is 22.2 Å². The first-order valence-electron chi connectivity index (χ1n) is 6.48. The molecule has 2 nitrogen and oxygen atoms in total. The quantitative estimate of drug-likeness (QED) is 0.844. The Labute approximate surface area is 115 Å². The smallest absolute Gasteiger partial charge is 0.125 e. The van der Waals surface area contributed by atoms with Gasteiger partial charge in [-0.3, -0.25) is 0 Å². The van der Waals surface area contributed by atoms with E-state index < -0.39 is 6.10 Å². The summed E-state index contributed by atoms with van der Waals surface area (Å²) in [5, 5.41) is 10.3. The Bertz CT molecular complexity index is 358. The van der Waals surface area contributed by atoms with E-state index in [1.165, 1.54) is 0 Å². The monoisotopic (exact) mass is 268 g/mol. The number of thioether (sulfide) groups is 1. The summed E-state index contributed by atoms with van der Waals surface area (Å²) in [4.78, 5) is 0. The van der Waals surface area contributed by atoms with Crippen molar-refractivity contribution in [2.24, 2.45) is 0 Å². The highest BCUT2D eigenvalue weighted by Gasteiger charge is 2.17. The van der Waals surface area contributed by atoms with Crippen LogP contribution in [0.1, 0.15) is 45.8 Å². The Morgan fingerprint density at radius 2 is 1.94 bits per heavy atom. The van der Waals surface area contributed by atoms with Crippen molar-refractivity contribution in [3.63, 3.8) is 0 Å². The first kappa shape index (κ1) is 15.4. The number of hydrogen-bond donors (Lipinski definition) is 1. The van der Waals surface area contributed by atoms with Gasteiger partial charge in [0.2, 0.25) is 0 Å². The third-order valence-electron chi connectivity index (χ3n) is 2.41. The van der Waals surface area contributed by atoms with Gasteiger partial charge in [-0.1, -0.05) is 45.9 Å². The van der Waals surface area contributed by atoms with Gasteiger partial charge in [-0.25, -0.2) is 0 Å². The maximum atomic E-state index is 10.3. The summed E-state index contributed by atoms with van der Waals surface area (Å²) in [5.74, 6) is 1.50. The minimum absolute atomic E-state index is 0.167. The summed E-state index contributed by atoms with van der Waals surface area (Å²) in [6.07, 6.45) is 0.503. The third kappa shape index (κ3) is 5.32. The minimum Gasteiger partial charge on any atom is -0.493 e. The lowest BCUT2D eigenvalue weighted by atomic mass is 10.1. The highest BCUT2D eigenvalue weighted by molar-refractivity contribution is 8.00. The van der Waals surface area contributed by atoms with Crippen molar-refractivity contribution in [2.75, 3.05) is 12.4 Å². The van der Waals surface area contributed by atoms with Gasteiger partial charge in [0.25, 0.3) is 0 Å². The van der Waals surface area contributed by atoms with Crippen molar-refractivity contribution in [3.8, 4) is 5.75 Å². The average Bonchev–Trinajstić information content (AvgIpc) is 2.33. The van der Waals surface area contributed by atoms with E-state index in [-0.39, 0.29) is 4.75 Å². The second-order valence-corrected chi connectivity index (χ2v) is 7.17. The Hall–Kier alpha value is -0.670. The van der Waals surface area contributed by atoms with Crippen LogP contribution in [0, 0.1) is 0 Å². The van der Waals surface area contributed by atoms with E-state index in [0.29, 0.717) is 12.4 Å². The van der Waals surface area contributed by atoms with E-state index in [9.17, 15) is 5.11 Å². The van der Waals surface area contributed by atoms with E-state index in [2.05, 4.69) is 27.7 Å². The highest BCUT2D eigenvalue weighted by atomic mass is 32.2. The summed E-state index contributed by atoms with van der Waals surface area (Å²) in [7, 11) is 0. The molecule has 3 heteroatoms. The number of aliphatic hydroxyl groups is 1. The first-order chi connectivity index (χ1) is 8.44. The number of rotatable bonds is 6. The van der Waals surface area contributed by atoms with E-state index >= 15 is 0 Å². The SMILES string of the molecule is CCCOc1ccccc1C(O)CSC(C)(C)C. The maximum Gasteiger partial charge on any atom is 0.125 e. The maximum absolute atomic E-state index is 10.3. The molecule has 0 aromatic heterocycles.